The normalized spacial score (nSPS) is 32.5. The molecular weight excluding hydrogens is 208 g/mol. The van der Waals surface area contributed by atoms with Crippen molar-refractivity contribution in [2.45, 2.75) is 19.3 Å². The molecule has 0 radical (unpaired) electrons. The van der Waals surface area contributed by atoms with Gasteiger partial charge in [0, 0.05) is 5.92 Å². The maximum atomic E-state index is 12.2. The van der Waals surface area contributed by atoms with E-state index in [1.54, 1.807) is 7.11 Å². The monoisotopic (exact) mass is 222 g/mol. The molecule has 2 fully saturated rings. The number of hydrogen-bond acceptors (Lipinski definition) is 3. The van der Waals surface area contributed by atoms with Crippen LogP contribution in [0.25, 0.3) is 0 Å². The van der Waals surface area contributed by atoms with Crippen molar-refractivity contribution in [2.75, 3.05) is 7.11 Å². The predicted molar refractivity (Wildman–Crippen MR) is 59.5 cm³/mol. The van der Waals surface area contributed by atoms with Crippen molar-refractivity contribution in [2.24, 2.45) is 17.8 Å². The van der Waals surface area contributed by atoms with Gasteiger partial charge in [0.1, 0.15) is 10.6 Å². The molecule has 0 amide bonds. The van der Waals surface area contributed by atoms with Crippen molar-refractivity contribution < 1.29 is 9.53 Å². The number of ether oxygens (including phenoxy) is 1. The fourth-order valence-electron chi connectivity index (χ4n) is 2.75. The van der Waals surface area contributed by atoms with Gasteiger partial charge in [0.25, 0.3) is 0 Å². The quantitative estimate of drug-likeness (QED) is 0.735. The minimum atomic E-state index is 0.279. The van der Waals surface area contributed by atoms with Crippen LogP contribution in [0.5, 0.6) is 5.75 Å². The SMILES string of the molecule is COc1ccsc1C(=O)C1CC2CC2C1. The molecule has 15 heavy (non-hydrogen) atoms. The van der Waals surface area contributed by atoms with E-state index in [1.165, 1.54) is 17.8 Å². The molecule has 2 atom stereocenters. The van der Waals surface area contributed by atoms with E-state index >= 15 is 0 Å². The lowest BCUT2D eigenvalue weighted by Crippen LogP contribution is -2.12. The van der Waals surface area contributed by atoms with Gasteiger partial charge in [-0.15, -0.1) is 11.3 Å². The summed E-state index contributed by atoms with van der Waals surface area (Å²) < 4.78 is 5.19. The summed E-state index contributed by atoms with van der Waals surface area (Å²) in [4.78, 5) is 13.0. The van der Waals surface area contributed by atoms with Gasteiger partial charge in [-0.25, -0.2) is 0 Å². The summed E-state index contributed by atoms with van der Waals surface area (Å²) in [5.41, 5.74) is 0. The summed E-state index contributed by atoms with van der Waals surface area (Å²) in [6, 6.07) is 1.88. The fraction of sp³-hybridized carbons (Fsp3) is 0.583. The number of hydrogen-bond donors (Lipinski definition) is 0. The molecule has 0 aromatic carbocycles. The van der Waals surface area contributed by atoms with Crippen LogP contribution in [0, 0.1) is 17.8 Å². The molecule has 0 aliphatic heterocycles. The standard InChI is InChI=1S/C12H14O2S/c1-14-10-2-3-15-12(10)11(13)9-5-7-4-8(7)6-9/h2-3,7-9H,4-6H2,1H3. The van der Waals surface area contributed by atoms with Crippen LogP contribution in [-0.4, -0.2) is 12.9 Å². The topological polar surface area (TPSA) is 26.3 Å². The highest BCUT2D eigenvalue weighted by molar-refractivity contribution is 7.12. The zero-order valence-electron chi connectivity index (χ0n) is 8.73. The lowest BCUT2D eigenvalue weighted by molar-refractivity contribution is 0.0916. The minimum Gasteiger partial charge on any atom is -0.495 e. The lowest BCUT2D eigenvalue weighted by Gasteiger charge is -2.09. The van der Waals surface area contributed by atoms with Crippen LogP contribution in [0.2, 0.25) is 0 Å². The number of methoxy groups -OCH3 is 1. The molecule has 0 spiro atoms. The highest BCUT2D eigenvalue weighted by atomic mass is 32.1. The Morgan fingerprint density at radius 3 is 2.80 bits per heavy atom. The Hall–Kier alpha value is -0.830. The van der Waals surface area contributed by atoms with Crippen LogP contribution in [0.3, 0.4) is 0 Å². The highest BCUT2D eigenvalue weighted by Crippen LogP contribution is 2.55. The number of Topliss-reactive ketones (excluding diaryl/α,β-unsaturated/α-hetero) is 1. The molecular formula is C12H14O2S. The zero-order chi connectivity index (χ0) is 10.4. The second kappa shape index (κ2) is 3.34. The highest BCUT2D eigenvalue weighted by Gasteiger charge is 2.48. The second-order valence-electron chi connectivity index (χ2n) is 4.61. The van der Waals surface area contributed by atoms with E-state index in [1.807, 2.05) is 11.4 Å². The molecule has 0 bridgehead atoms. The largest absolute Gasteiger partial charge is 0.495 e. The number of carbonyl (C=O) groups excluding carboxylic acids is 1. The van der Waals surface area contributed by atoms with E-state index in [9.17, 15) is 4.79 Å². The summed E-state index contributed by atoms with van der Waals surface area (Å²) in [7, 11) is 1.63. The minimum absolute atomic E-state index is 0.279. The number of thiophene rings is 1. The average Bonchev–Trinajstić information content (AvgIpc) is 2.72. The third-order valence-corrected chi connectivity index (χ3v) is 4.60. The van der Waals surface area contributed by atoms with Crippen molar-refractivity contribution in [3.63, 3.8) is 0 Å². The van der Waals surface area contributed by atoms with Crippen LogP contribution in [0.15, 0.2) is 11.4 Å². The van der Waals surface area contributed by atoms with E-state index in [0.717, 1.165) is 35.3 Å². The van der Waals surface area contributed by atoms with Gasteiger partial charge >= 0.3 is 0 Å². The fourth-order valence-corrected chi connectivity index (χ4v) is 3.63. The molecule has 2 aliphatic rings. The van der Waals surface area contributed by atoms with Crippen LogP contribution in [0.1, 0.15) is 28.9 Å². The Balaban J connectivity index is 1.79. The van der Waals surface area contributed by atoms with Crippen LogP contribution in [-0.2, 0) is 0 Å². The molecule has 2 nitrogen and oxygen atoms in total. The van der Waals surface area contributed by atoms with E-state index < -0.39 is 0 Å². The maximum absolute atomic E-state index is 12.2. The zero-order valence-corrected chi connectivity index (χ0v) is 9.55. The lowest BCUT2D eigenvalue weighted by atomic mass is 9.97. The first-order valence-electron chi connectivity index (χ1n) is 5.45. The summed E-state index contributed by atoms with van der Waals surface area (Å²) >= 11 is 1.51. The molecule has 3 heteroatoms. The van der Waals surface area contributed by atoms with Gasteiger partial charge in [-0.1, -0.05) is 0 Å². The number of ketones is 1. The number of fused-ring (bicyclic) bond motifs is 1. The molecule has 3 rings (SSSR count). The van der Waals surface area contributed by atoms with Gasteiger partial charge in [0.15, 0.2) is 5.78 Å². The van der Waals surface area contributed by atoms with Crippen molar-refractivity contribution in [1.82, 2.24) is 0 Å². The third kappa shape index (κ3) is 1.49. The Labute approximate surface area is 93.3 Å². The van der Waals surface area contributed by atoms with Crippen LogP contribution in [0.4, 0.5) is 0 Å². The molecule has 2 aliphatic carbocycles. The van der Waals surface area contributed by atoms with Gasteiger partial charge in [-0.05, 0) is 42.5 Å². The van der Waals surface area contributed by atoms with Crippen molar-refractivity contribution in [3.8, 4) is 5.75 Å². The number of carbonyl (C=O) groups is 1. The second-order valence-corrected chi connectivity index (χ2v) is 5.52. The summed E-state index contributed by atoms with van der Waals surface area (Å²) in [5.74, 6) is 3.08. The van der Waals surface area contributed by atoms with Gasteiger partial charge in [-0.3, -0.25) is 4.79 Å². The van der Waals surface area contributed by atoms with Crippen molar-refractivity contribution >= 4 is 17.1 Å². The average molecular weight is 222 g/mol. The van der Waals surface area contributed by atoms with Gasteiger partial charge in [0.2, 0.25) is 0 Å². The Morgan fingerprint density at radius 2 is 2.13 bits per heavy atom. The van der Waals surface area contributed by atoms with Gasteiger partial charge in [-0.2, -0.15) is 0 Å². The van der Waals surface area contributed by atoms with Crippen LogP contribution < -0.4 is 4.74 Å². The summed E-state index contributed by atoms with van der Waals surface area (Å²) in [5, 5.41) is 1.93. The van der Waals surface area contributed by atoms with E-state index in [2.05, 4.69) is 0 Å². The van der Waals surface area contributed by atoms with Gasteiger partial charge in [0.05, 0.1) is 7.11 Å². The Bertz CT molecular complexity index is 386. The van der Waals surface area contributed by atoms with Crippen molar-refractivity contribution in [1.29, 1.82) is 0 Å². The van der Waals surface area contributed by atoms with E-state index in [0.29, 0.717) is 5.78 Å². The van der Waals surface area contributed by atoms with Crippen molar-refractivity contribution in [3.05, 3.63) is 16.3 Å². The summed E-state index contributed by atoms with van der Waals surface area (Å²) in [6.07, 6.45) is 3.60. The smallest absolute Gasteiger partial charge is 0.179 e. The molecule has 2 unspecified atom stereocenters. The van der Waals surface area contributed by atoms with E-state index in [-0.39, 0.29) is 5.92 Å². The first-order chi connectivity index (χ1) is 7.29. The maximum Gasteiger partial charge on any atom is 0.179 e. The molecule has 1 aromatic heterocycles. The first-order valence-corrected chi connectivity index (χ1v) is 6.33. The molecule has 0 saturated heterocycles. The first kappa shape index (κ1) is 9.40. The third-order valence-electron chi connectivity index (χ3n) is 3.69. The van der Waals surface area contributed by atoms with Gasteiger partial charge < -0.3 is 4.74 Å². The molecule has 0 N–H and O–H groups in total. The summed E-state index contributed by atoms with van der Waals surface area (Å²) in [6.45, 7) is 0. The Kier molecular flexibility index (Phi) is 2.09. The van der Waals surface area contributed by atoms with Crippen LogP contribution >= 0.6 is 11.3 Å². The Morgan fingerprint density at radius 1 is 1.40 bits per heavy atom. The van der Waals surface area contributed by atoms with E-state index in [4.69, 9.17) is 4.74 Å². The molecule has 1 aromatic rings. The predicted octanol–water partition coefficient (Wildman–Crippen LogP) is 2.99. The molecule has 1 heterocycles. The number of rotatable bonds is 3. The molecule has 80 valence electrons. The molecule has 2 saturated carbocycles.